The second-order valence-electron chi connectivity index (χ2n) is 9.24. The van der Waals surface area contributed by atoms with E-state index < -0.39 is 12.0 Å². The summed E-state index contributed by atoms with van der Waals surface area (Å²) in [6.45, 7) is 14.3. The van der Waals surface area contributed by atoms with E-state index in [2.05, 4.69) is 18.3 Å². The van der Waals surface area contributed by atoms with Gasteiger partial charge in [0, 0.05) is 19.0 Å². The molecule has 2 heterocycles. The predicted octanol–water partition coefficient (Wildman–Crippen LogP) is 4.90. The number of esters is 1. The second-order valence-corrected chi connectivity index (χ2v) is 9.24. The fourth-order valence-electron chi connectivity index (χ4n) is 3.94. The summed E-state index contributed by atoms with van der Waals surface area (Å²) in [4.78, 5) is 27.2. The van der Waals surface area contributed by atoms with Crippen molar-refractivity contribution in [1.82, 2.24) is 10.1 Å². The zero-order chi connectivity index (χ0) is 27.5. The minimum Gasteiger partial charge on any atom is -0.489 e. The number of carbonyl (C=O) groups is 2. The minimum atomic E-state index is -0.730. The number of nitrogens with zero attached hydrogens (tertiary/aromatic N) is 2. The average molecular weight is 521 g/mol. The Labute approximate surface area is 224 Å². The largest absolute Gasteiger partial charge is 0.489 e. The van der Waals surface area contributed by atoms with E-state index >= 15 is 0 Å². The number of amides is 1. The van der Waals surface area contributed by atoms with Gasteiger partial charge >= 0.3 is 5.97 Å². The molecule has 0 radical (unpaired) electrons. The molecule has 2 aromatic rings. The van der Waals surface area contributed by atoms with Crippen molar-refractivity contribution in [3.8, 4) is 5.75 Å². The van der Waals surface area contributed by atoms with Crippen molar-refractivity contribution in [2.24, 2.45) is 0 Å². The van der Waals surface area contributed by atoms with Gasteiger partial charge in [-0.2, -0.15) is 0 Å². The Morgan fingerprint density at radius 2 is 2.00 bits per heavy atom. The lowest BCUT2D eigenvalue weighted by Crippen LogP contribution is -2.42. The van der Waals surface area contributed by atoms with Gasteiger partial charge in [0.05, 0.1) is 24.8 Å². The van der Waals surface area contributed by atoms with Gasteiger partial charge < -0.3 is 23.6 Å². The molecule has 1 amide bonds. The Morgan fingerprint density at radius 3 is 2.63 bits per heavy atom. The van der Waals surface area contributed by atoms with E-state index in [4.69, 9.17) is 18.7 Å². The molecule has 3 rings (SSSR count). The lowest BCUT2D eigenvalue weighted by Gasteiger charge is -2.22. The van der Waals surface area contributed by atoms with Gasteiger partial charge in [-0.05, 0) is 44.0 Å². The number of benzene rings is 1. The van der Waals surface area contributed by atoms with Crippen LogP contribution in [-0.4, -0.2) is 53.8 Å². The van der Waals surface area contributed by atoms with Gasteiger partial charge in [0.1, 0.15) is 30.8 Å². The third-order valence-electron chi connectivity index (χ3n) is 5.97. The van der Waals surface area contributed by atoms with E-state index in [0.717, 1.165) is 22.5 Å². The van der Waals surface area contributed by atoms with Crippen molar-refractivity contribution in [3.63, 3.8) is 0 Å². The third kappa shape index (κ3) is 8.59. The Bertz CT molecular complexity index is 1180. The fraction of sp³-hybridized carbons (Fsp3) is 0.367. The van der Waals surface area contributed by atoms with Crippen molar-refractivity contribution in [2.75, 3.05) is 19.8 Å². The van der Waals surface area contributed by atoms with Crippen LogP contribution in [0.4, 0.5) is 0 Å². The van der Waals surface area contributed by atoms with Crippen LogP contribution in [-0.2, 0) is 32.1 Å². The lowest BCUT2D eigenvalue weighted by molar-refractivity contribution is -0.152. The standard InChI is InChI=1S/C30H36N2O6/c1-6-14-35-30(34)28-16-27(18-32(28)29(33)17-26-15-22(5)31-38-26)37-20-24-10-12-25(13-11-24)36-19-23(7-2)9-8-21(3)4/h6-13,15,27-28H,1,3,14,16-20H2,2,4-5H3/b9-8-,23-7+/t27?,28-/m0/s1. The molecule has 1 saturated heterocycles. The van der Waals surface area contributed by atoms with Gasteiger partial charge in [0.15, 0.2) is 0 Å². The molecule has 1 aliphatic heterocycles. The van der Waals surface area contributed by atoms with Crippen molar-refractivity contribution in [3.05, 3.63) is 96.0 Å². The Hall–Kier alpha value is -3.91. The van der Waals surface area contributed by atoms with Crippen LogP contribution in [0.5, 0.6) is 5.75 Å². The van der Waals surface area contributed by atoms with E-state index in [9.17, 15) is 9.59 Å². The van der Waals surface area contributed by atoms with Crippen LogP contribution in [0.1, 0.15) is 37.3 Å². The van der Waals surface area contributed by atoms with Crippen LogP contribution >= 0.6 is 0 Å². The highest BCUT2D eigenvalue weighted by molar-refractivity contribution is 5.86. The average Bonchev–Trinajstić information content (AvgIpc) is 3.52. The number of hydrogen-bond acceptors (Lipinski definition) is 7. The summed E-state index contributed by atoms with van der Waals surface area (Å²) in [7, 11) is 0. The van der Waals surface area contributed by atoms with Crippen LogP contribution in [0.2, 0.25) is 0 Å². The first-order valence-electron chi connectivity index (χ1n) is 12.6. The first-order chi connectivity index (χ1) is 18.3. The maximum atomic E-state index is 13.0. The highest BCUT2D eigenvalue weighted by Crippen LogP contribution is 2.24. The van der Waals surface area contributed by atoms with Gasteiger partial charge in [0.25, 0.3) is 0 Å². The summed E-state index contributed by atoms with van der Waals surface area (Å²) in [5, 5.41) is 3.82. The Kier molecular flexibility index (Phi) is 10.7. The van der Waals surface area contributed by atoms with Crippen LogP contribution in [0.3, 0.4) is 0 Å². The van der Waals surface area contributed by atoms with E-state index in [1.807, 2.05) is 56.3 Å². The zero-order valence-electron chi connectivity index (χ0n) is 22.4. The van der Waals surface area contributed by atoms with Crippen molar-refractivity contribution < 1.29 is 28.3 Å². The summed E-state index contributed by atoms with van der Waals surface area (Å²) in [5.41, 5.74) is 3.68. The number of allylic oxidation sites excluding steroid dienone is 3. The molecule has 202 valence electrons. The normalized spacial score (nSPS) is 17.6. The first kappa shape index (κ1) is 28.7. The Morgan fingerprint density at radius 1 is 1.24 bits per heavy atom. The maximum absolute atomic E-state index is 13.0. The molecule has 1 aliphatic rings. The smallest absolute Gasteiger partial charge is 0.329 e. The first-order valence-corrected chi connectivity index (χ1v) is 12.6. The van der Waals surface area contributed by atoms with Crippen LogP contribution in [0.15, 0.2) is 83.5 Å². The van der Waals surface area contributed by atoms with Gasteiger partial charge in [-0.1, -0.05) is 60.3 Å². The summed E-state index contributed by atoms with van der Waals surface area (Å²) in [6.07, 6.45) is 7.49. The second kappa shape index (κ2) is 14.1. The van der Waals surface area contributed by atoms with Gasteiger partial charge in [-0.15, -0.1) is 0 Å². The number of carbonyl (C=O) groups excluding carboxylic acids is 2. The maximum Gasteiger partial charge on any atom is 0.329 e. The lowest BCUT2D eigenvalue weighted by atomic mass is 10.2. The molecule has 38 heavy (non-hydrogen) atoms. The van der Waals surface area contributed by atoms with E-state index in [1.165, 1.54) is 11.0 Å². The van der Waals surface area contributed by atoms with E-state index in [-0.39, 0.29) is 31.6 Å². The van der Waals surface area contributed by atoms with Crippen LogP contribution in [0.25, 0.3) is 0 Å². The molecule has 0 N–H and O–H groups in total. The monoisotopic (exact) mass is 520 g/mol. The van der Waals surface area contributed by atoms with Gasteiger partial charge in [-0.25, -0.2) is 4.79 Å². The van der Waals surface area contributed by atoms with Gasteiger partial charge in [0.2, 0.25) is 5.91 Å². The molecule has 0 spiro atoms. The predicted molar refractivity (Wildman–Crippen MR) is 144 cm³/mol. The minimum absolute atomic E-state index is 0.0121. The third-order valence-corrected chi connectivity index (χ3v) is 5.97. The molecular formula is C30H36N2O6. The number of aromatic nitrogens is 1. The number of rotatable bonds is 13. The quantitative estimate of drug-likeness (QED) is 0.211. The topological polar surface area (TPSA) is 91.1 Å². The molecule has 1 fully saturated rings. The molecular weight excluding hydrogens is 484 g/mol. The van der Waals surface area contributed by atoms with E-state index in [1.54, 1.807) is 13.0 Å². The van der Waals surface area contributed by atoms with Crippen molar-refractivity contribution in [1.29, 1.82) is 0 Å². The molecule has 8 heteroatoms. The zero-order valence-corrected chi connectivity index (χ0v) is 22.4. The summed E-state index contributed by atoms with van der Waals surface area (Å²) in [6, 6.07) is 8.65. The molecule has 2 atom stereocenters. The molecule has 0 aliphatic carbocycles. The number of aryl methyl sites for hydroxylation is 1. The van der Waals surface area contributed by atoms with Crippen molar-refractivity contribution in [2.45, 2.75) is 52.4 Å². The summed E-state index contributed by atoms with van der Waals surface area (Å²) in [5.74, 6) is 0.485. The molecule has 1 aromatic heterocycles. The molecule has 0 saturated carbocycles. The molecule has 0 bridgehead atoms. The van der Waals surface area contributed by atoms with Crippen LogP contribution < -0.4 is 4.74 Å². The number of hydrogen-bond donors (Lipinski definition) is 0. The van der Waals surface area contributed by atoms with Crippen molar-refractivity contribution >= 4 is 11.9 Å². The SMILES string of the molecule is C=CCOC(=O)[C@@H]1CC(OCc2ccc(OCC(/C=C\C(=C)C)=C/C)cc2)CN1C(=O)Cc1cc(C)no1. The summed E-state index contributed by atoms with van der Waals surface area (Å²) < 4.78 is 22.4. The van der Waals surface area contributed by atoms with E-state index in [0.29, 0.717) is 31.1 Å². The highest BCUT2D eigenvalue weighted by Gasteiger charge is 2.41. The number of ether oxygens (including phenoxy) is 3. The summed E-state index contributed by atoms with van der Waals surface area (Å²) >= 11 is 0. The molecule has 1 unspecified atom stereocenters. The molecule has 1 aromatic carbocycles. The van der Waals surface area contributed by atoms with Crippen LogP contribution in [0, 0.1) is 6.92 Å². The Balaban J connectivity index is 1.56. The highest BCUT2D eigenvalue weighted by atomic mass is 16.5. The number of likely N-dealkylation sites (tertiary alicyclic amines) is 1. The fourth-order valence-corrected chi connectivity index (χ4v) is 3.94. The molecule has 8 nitrogen and oxygen atoms in total. The van der Waals surface area contributed by atoms with Gasteiger partial charge in [-0.3, -0.25) is 4.79 Å².